The first-order valence-electron chi connectivity index (χ1n) is 12.4. The third kappa shape index (κ3) is 6.45. The van der Waals surface area contributed by atoms with Crippen LogP contribution < -0.4 is 10.6 Å². The van der Waals surface area contributed by atoms with Crippen LogP contribution in [-0.2, 0) is 24.2 Å². The SMILES string of the molecule is CCc1cc(F)cc(C)c1C(=O)N[C@@H](Cc1ccc(-c2ccc(CNc3cc(C)ccn3)o2)cc1)C(=O)O. The molecule has 0 aliphatic rings. The first kappa shape index (κ1) is 26.6. The van der Waals surface area contributed by atoms with E-state index in [-0.39, 0.29) is 6.42 Å². The van der Waals surface area contributed by atoms with Crippen molar-refractivity contribution in [1.82, 2.24) is 10.3 Å². The first-order valence-corrected chi connectivity index (χ1v) is 12.4. The van der Waals surface area contributed by atoms with E-state index in [1.165, 1.54) is 12.1 Å². The largest absolute Gasteiger partial charge is 0.480 e. The van der Waals surface area contributed by atoms with Gasteiger partial charge in [0.05, 0.1) is 6.54 Å². The number of amides is 1. The Morgan fingerprint density at radius 2 is 1.82 bits per heavy atom. The Bertz CT molecular complexity index is 1450. The number of carbonyl (C=O) groups excluding carboxylic acids is 1. The van der Waals surface area contributed by atoms with Gasteiger partial charge in [-0.3, -0.25) is 4.79 Å². The highest BCUT2D eigenvalue weighted by Crippen LogP contribution is 2.24. The number of rotatable bonds is 10. The van der Waals surface area contributed by atoms with Gasteiger partial charge >= 0.3 is 5.97 Å². The minimum Gasteiger partial charge on any atom is -0.480 e. The molecule has 0 unspecified atom stereocenters. The number of aryl methyl sites for hydroxylation is 3. The van der Waals surface area contributed by atoms with Crippen molar-refractivity contribution in [3.05, 3.63) is 106 Å². The maximum atomic E-state index is 13.8. The van der Waals surface area contributed by atoms with Crippen LogP contribution in [-0.4, -0.2) is 28.0 Å². The molecule has 1 amide bonds. The molecule has 0 aliphatic carbocycles. The van der Waals surface area contributed by atoms with E-state index in [0.29, 0.717) is 35.4 Å². The number of anilines is 1. The van der Waals surface area contributed by atoms with E-state index in [1.54, 1.807) is 13.1 Å². The molecule has 0 saturated carbocycles. The van der Waals surface area contributed by atoms with Gasteiger partial charge in [-0.25, -0.2) is 14.2 Å². The Morgan fingerprint density at radius 3 is 2.50 bits per heavy atom. The van der Waals surface area contributed by atoms with Crippen molar-refractivity contribution in [1.29, 1.82) is 0 Å². The molecule has 4 rings (SSSR count). The predicted molar refractivity (Wildman–Crippen MR) is 144 cm³/mol. The van der Waals surface area contributed by atoms with Crippen molar-refractivity contribution >= 4 is 17.7 Å². The van der Waals surface area contributed by atoms with Gasteiger partial charge in [-0.2, -0.15) is 0 Å². The Balaban J connectivity index is 1.41. The third-order valence-corrected chi connectivity index (χ3v) is 6.29. The third-order valence-electron chi connectivity index (χ3n) is 6.29. The van der Waals surface area contributed by atoms with Crippen molar-refractivity contribution in [2.24, 2.45) is 0 Å². The van der Waals surface area contributed by atoms with E-state index >= 15 is 0 Å². The summed E-state index contributed by atoms with van der Waals surface area (Å²) in [6.45, 7) is 5.95. The molecule has 2 aromatic carbocycles. The van der Waals surface area contributed by atoms with Crippen molar-refractivity contribution in [2.75, 3.05) is 5.32 Å². The summed E-state index contributed by atoms with van der Waals surface area (Å²) in [6, 6.07) is 16.4. The van der Waals surface area contributed by atoms with E-state index in [2.05, 4.69) is 15.6 Å². The number of nitrogens with one attached hydrogen (secondary N) is 2. The lowest BCUT2D eigenvalue weighted by Crippen LogP contribution is -2.42. The van der Waals surface area contributed by atoms with E-state index in [0.717, 1.165) is 28.3 Å². The van der Waals surface area contributed by atoms with Gasteiger partial charge in [0, 0.05) is 23.7 Å². The normalized spacial score (nSPS) is 11.7. The lowest BCUT2D eigenvalue weighted by Gasteiger charge is -2.17. The van der Waals surface area contributed by atoms with E-state index in [4.69, 9.17) is 4.42 Å². The van der Waals surface area contributed by atoms with Crippen LogP contribution in [0, 0.1) is 19.7 Å². The van der Waals surface area contributed by atoms with Crippen LogP contribution in [0.4, 0.5) is 10.2 Å². The number of carboxylic acid groups (broad SMARTS) is 1. The fourth-order valence-electron chi connectivity index (χ4n) is 4.33. The number of carbonyl (C=O) groups is 2. The molecule has 8 heteroatoms. The molecular formula is C30H30FN3O4. The molecule has 0 bridgehead atoms. The Kier molecular flexibility index (Phi) is 8.21. The van der Waals surface area contributed by atoms with Gasteiger partial charge in [-0.15, -0.1) is 0 Å². The molecule has 7 nitrogen and oxygen atoms in total. The molecule has 1 atom stereocenters. The van der Waals surface area contributed by atoms with Crippen LogP contribution >= 0.6 is 0 Å². The van der Waals surface area contributed by atoms with Gasteiger partial charge in [0.25, 0.3) is 5.91 Å². The number of carboxylic acids is 1. The molecule has 196 valence electrons. The van der Waals surface area contributed by atoms with Gasteiger partial charge in [0.1, 0.15) is 29.2 Å². The molecule has 38 heavy (non-hydrogen) atoms. The molecule has 3 N–H and O–H groups in total. The fraction of sp³-hybridized carbons (Fsp3) is 0.233. The summed E-state index contributed by atoms with van der Waals surface area (Å²) in [4.78, 5) is 29.2. The molecule has 0 aliphatic heterocycles. The molecule has 0 radical (unpaired) electrons. The minimum atomic E-state index is -1.15. The monoisotopic (exact) mass is 515 g/mol. The highest BCUT2D eigenvalue weighted by molar-refractivity contribution is 5.99. The minimum absolute atomic E-state index is 0.0971. The maximum absolute atomic E-state index is 13.8. The zero-order valence-electron chi connectivity index (χ0n) is 21.5. The number of halogens is 1. The lowest BCUT2D eigenvalue weighted by atomic mass is 9.98. The molecule has 2 aromatic heterocycles. The van der Waals surface area contributed by atoms with Crippen molar-refractivity contribution in [2.45, 2.75) is 46.2 Å². The van der Waals surface area contributed by atoms with E-state index in [1.807, 2.05) is 62.4 Å². The number of furan rings is 1. The zero-order valence-corrected chi connectivity index (χ0v) is 21.5. The molecular weight excluding hydrogens is 485 g/mol. The zero-order chi connectivity index (χ0) is 27.2. The van der Waals surface area contributed by atoms with Crippen LogP contribution in [0.15, 0.2) is 71.3 Å². The number of hydrogen-bond donors (Lipinski definition) is 3. The van der Waals surface area contributed by atoms with Gasteiger partial charge in [0.2, 0.25) is 0 Å². The Hall–Kier alpha value is -4.46. The average molecular weight is 516 g/mol. The highest BCUT2D eigenvalue weighted by Gasteiger charge is 2.24. The van der Waals surface area contributed by atoms with Crippen molar-refractivity contribution < 1.29 is 23.5 Å². The smallest absolute Gasteiger partial charge is 0.326 e. The van der Waals surface area contributed by atoms with Crippen LogP contribution in [0.5, 0.6) is 0 Å². The van der Waals surface area contributed by atoms with Gasteiger partial charge in [0.15, 0.2) is 0 Å². The summed E-state index contributed by atoms with van der Waals surface area (Å²) >= 11 is 0. The number of nitrogens with zero attached hydrogens (tertiary/aromatic N) is 1. The number of hydrogen-bond acceptors (Lipinski definition) is 5. The predicted octanol–water partition coefficient (Wildman–Crippen LogP) is 5.70. The fourth-order valence-corrected chi connectivity index (χ4v) is 4.33. The molecule has 0 saturated heterocycles. The van der Waals surface area contributed by atoms with E-state index < -0.39 is 23.7 Å². The maximum Gasteiger partial charge on any atom is 0.326 e. The highest BCUT2D eigenvalue weighted by atomic mass is 19.1. The number of aromatic nitrogens is 1. The second kappa shape index (κ2) is 11.7. The number of benzene rings is 2. The summed E-state index contributed by atoms with van der Waals surface area (Å²) in [5.74, 6) is 0.116. The number of aliphatic carboxylic acids is 1. The van der Waals surface area contributed by atoms with Crippen LogP contribution in [0.25, 0.3) is 11.3 Å². The summed E-state index contributed by atoms with van der Waals surface area (Å²) in [7, 11) is 0. The Labute approximate surface area is 220 Å². The van der Waals surface area contributed by atoms with Crippen molar-refractivity contribution in [3.63, 3.8) is 0 Å². The van der Waals surface area contributed by atoms with Crippen LogP contribution in [0.2, 0.25) is 0 Å². The summed E-state index contributed by atoms with van der Waals surface area (Å²) in [5.41, 5.74) is 4.03. The lowest BCUT2D eigenvalue weighted by molar-refractivity contribution is -0.139. The van der Waals surface area contributed by atoms with Gasteiger partial charge in [-0.1, -0.05) is 31.2 Å². The van der Waals surface area contributed by atoms with Crippen LogP contribution in [0.1, 0.15) is 45.3 Å². The number of pyridine rings is 1. The quantitative estimate of drug-likeness (QED) is 0.250. The second-order valence-corrected chi connectivity index (χ2v) is 9.21. The molecule has 4 aromatic rings. The van der Waals surface area contributed by atoms with E-state index in [9.17, 15) is 19.1 Å². The second-order valence-electron chi connectivity index (χ2n) is 9.21. The molecule has 0 fully saturated rings. The van der Waals surface area contributed by atoms with Gasteiger partial charge in [-0.05, 0) is 78.9 Å². The van der Waals surface area contributed by atoms with Gasteiger partial charge < -0.3 is 20.2 Å². The standard InChI is InChI=1S/C30H30FN3O4/c1-4-21-16-23(31)14-19(3)28(21)29(35)34-25(30(36)37)15-20-5-7-22(8-6-20)26-10-9-24(38-26)17-33-27-13-18(2)11-12-32-27/h5-14,16,25H,4,15,17H2,1-3H3,(H,32,33)(H,34,35)(H,36,37)/t25-/m0/s1. The Morgan fingerprint density at radius 1 is 1.05 bits per heavy atom. The molecule has 0 spiro atoms. The topological polar surface area (TPSA) is 104 Å². The average Bonchev–Trinajstić information content (AvgIpc) is 3.36. The molecule has 2 heterocycles. The first-order chi connectivity index (χ1) is 18.2. The summed E-state index contributed by atoms with van der Waals surface area (Å²) in [5, 5.41) is 15.6. The summed E-state index contributed by atoms with van der Waals surface area (Å²) in [6.07, 6.45) is 2.30. The van der Waals surface area contributed by atoms with Crippen molar-refractivity contribution in [3.8, 4) is 11.3 Å². The van der Waals surface area contributed by atoms with Crippen LogP contribution in [0.3, 0.4) is 0 Å². The summed E-state index contributed by atoms with van der Waals surface area (Å²) < 4.78 is 19.7.